The summed E-state index contributed by atoms with van der Waals surface area (Å²) in [7, 11) is 6.29. The lowest BCUT2D eigenvalue weighted by atomic mass is 9.92. The van der Waals surface area contributed by atoms with Crippen LogP contribution in [0.5, 0.6) is 0 Å². The third-order valence-corrected chi connectivity index (χ3v) is 7.00. The number of fused-ring (bicyclic) bond motifs is 2. The van der Waals surface area contributed by atoms with Gasteiger partial charge in [-0.1, -0.05) is 36.4 Å². The first-order chi connectivity index (χ1) is 16.5. The monoisotopic (exact) mass is 460 g/mol. The van der Waals surface area contributed by atoms with Gasteiger partial charge in [0.1, 0.15) is 5.82 Å². The predicted octanol–water partition coefficient (Wildman–Crippen LogP) is 3.16. The molecule has 1 atom stereocenters. The number of hydrogen-bond donors (Lipinski definition) is 1. The van der Waals surface area contributed by atoms with Gasteiger partial charge in [0.25, 0.3) is 0 Å². The Balaban J connectivity index is 1.52. The molecule has 0 spiro atoms. The van der Waals surface area contributed by atoms with Crippen molar-refractivity contribution in [2.45, 2.75) is 26.1 Å². The molecule has 34 heavy (non-hydrogen) atoms. The second-order valence-corrected chi connectivity index (χ2v) is 9.76. The topological polar surface area (TPSA) is 56.8 Å². The molecule has 0 radical (unpaired) electrons. The van der Waals surface area contributed by atoms with Crippen molar-refractivity contribution in [3.63, 3.8) is 0 Å². The van der Waals surface area contributed by atoms with Crippen molar-refractivity contribution in [3.05, 3.63) is 58.8 Å². The minimum absolute atomic E-state index is 0.0111. The first-order valence-electron chi connectivity index (χ1n) is 12.3. The Kier molecular flexibility index (Phi) is 6.68. The van der Waals surface area contributed by atoms with E-state index in [9.17, 15) is 0 Å². The number of hydrogen-bond acceptors (Lipinski definition) is 7. The first-order valence-corrected chi connectivity index (χ1v) is 12.3. The van der Waals surface area contributed by atoms with E-state index in [0.29, 0.717) is 6.61 Å². The lowest BCUT2D eigenvalue weighted by Crippen LogP contribution is -2.45. The maximum Gasteiger partial charge on any atom is 0.227 e. The fourth-order valence-corrected chi connectivity index (χ4v) is 5.03. The van der Waals surface area contributed by atoms with E-state index in [1.165, 1.54) is 21.9 Å². The molecule has 7 heteroatoms. The Morgan fingerprint density at radius 2 is 1.79 bits per heavy atom. The van der Waals surface area contributed by atoms with Crippen LogP contribution in [-0.2, 0) is 17.8 Å². The molecule has 5 rings (SSSR count). The number of aryl methyl sites for hydroxylation is 1. The van der Waals surface area contributed by atoms with Crippen molar-refractivity contribution in [1.29, 1.82) is 0 Å². The van der Waals surface area contributed by atoms with Crippen molar-refractivity contribution < 1.29 is 4.74 Å². The standard InChI is InChI=1S/C27H36N6O/c1-19-7-5-8-20-9-6-10-21(25(19)20)24-17-23-22(18-34-24)26(33-13-11-28-12-14-33)30-27(29-23)32(4)16-15-31(2)3/h5-10,24,28H,11-18H2,1-4H3. The summed E-state index contributed by atoms with van der Waals surface area (Å²) in [6, 6.07) is 13.0. The van der Waals surface area contributed by atoms with Gasteiger partial charge in [-0.3, -0.25) is 0 Å². The average Bonchev–Trinajstić information content (AvgIpc) is 2.86. The van der Waals surface area contributed by atoms with Crippen LogP contribution in [0.3, 0.4) is 0 Å². The first kappa shape index (κ1) is 23.0. The number of piperazine rings is 1. The fourth-order valence-electron chi connectivity index (χ4n) is 5.03. The van der Waals surface area contributed by atoms with E-state index in [0.717, 1.165) is 68.7 Å². The third-order valence-electron chi connectivity index (χ3n) is 7.00. The molecule has 2 aliphatic rings. The third kappa shape index (κ3) is 4.60. The average molecular weight is 461 g/mol. The Bertz CT molecular complexity index is 1150. The zero-order valence-corrected chi connectivity index (χ0v) is 20.8. The number of benzene rings is 2. The minimum atomic E-state index is -0.0111. The summed E-state index contributed by atoms with van der Waals surface area (Å²) >= 11 is 0. The van der Waals surface area contributed by atoms with Gasteiger partial charge in [0.05, 0.1) is 18.4 Å². The van der Waals surface area contributed by atoms with Crippen molar-refractivity contribution >= 4 is 22.5 Å². The molecule has 7 nitrogen and oxygen atoms in total. The lowest BCUT2D eigenvalue weighted by molar-refractivity contribution is 0.0269. The Hall–Kier alpha value is -2.74. The summed E-state index contributed by atoms with van der Waals surface area (Å²) in [5, 5.41) is 6.02. The van der Waals surface area contributed by atoms with E-state index in [4.69, 9.17) is 14.7 Å². The van der Waals surface area contributed by atoms with Crippen LogP contribution in [0.4, 0.5) is 11.8 Å². The van der Waals surface area contributed by atoms with Crippen molar-refractivity contribution in [2.24, 2.45) is 0 Å². The number of aromatic nitrogens is 2. The van der Waals surface area contributed by atoms with Gasteiger partial charge in [0.15, 0.2) is 0 Å². The summed E-state index contributed by atoms with van der Waals surface area (Å²) in [4.78, 5) is 16.9. The Labute approximate surface area is 202 Å². The smallest absolute Gasteiger partial charge is 0.227 e. The summed E-state index contributed by atoms with van der Waals surface area (Å²) in [6.45, 7) is 8.43. The maximum absolute atomic E-state index is 6.52. The van der Waals surface area contributed by atoms with Gasteiger partial charge in [-0.2, -0.15) is 4.98 Å². The molecule has 3 aromatic rings. The molecule has 0 bridgehead atoms. The SMILES string of the molecule is Cc1cccc2cccc(C3Cc4nc(N(C)CCN(C)C)nc(N5CCNCC5)c4CO3)c12. The van der Waals surface area contributed by atoms with E-state index in [-0.39, 0.29) is 6.10 Å². The molecule has 3 heterocycles. The van der Waals surface area contributed by atoms with Crippen LogP contribution < -0.4 is 15.1 Å². The molecule has 2 aromatic carbocycles. The molecule has 1 saturated heterocycles. The molecule has 1 unspecified atom stereocenters. The number of ether oxygens (including phenoxy) is 1. The number of rotatable bonds is 6. The fraction of sp³-hybridized carbons (Fsp3) is 0.481. The van der Waals surface area contributed by atoms with Crippen LogP contribution in [0.25, 0.3) is 10.8 Å². The van der Waals surface area contributed by atoms with Crippen LogP contribution in [0.15, 0.2) is 36.4 Å². The van der Waals surface area contributed by atoms with Gasteiger partial charge < -0.3 is 24.8 Å². The van der Waals surface area contributed by atoms with E-state index < -0.39 is 0 Å². The number of nitrogens with one attached hydrogen (secondary N) is 1. The minimum Gasteiger partial charge on any atom is -0.368 e. The lowest BCUT2D eigenvalue weighted by Gasteiger charge is -2.34. The number of likely N-dealkylation sites (N-methyl/N-ethyl adjacent to an activating group) is 2. The predicted molar refractivity (Wildman–Crippen MR) is 139 cm³/mol. The zero-order chi connectivity index (χ0) is 23.7. The van der Waals surface area contributed by atoms with Gasteiger partial charge in [-0.25, -0.2) is 4.98 Å². The molecule has 2 aliphatic heterocycles. The Morgan fingerprint density at radius 1 is 1.03 bits per heavy atom. The maximum atomic E-state index is 6.52. The normalized spacial score (nSPS) is 18.4. The molecule has 0 saturated carbocycles. The second kappa shape index (κ2) is 9.86. The zero-order valence-electron chi connectivity index (χ0n) is 20.8. The van der Waals surface area contributed by atoms with Crippen LogP contribution in [0, 0.1) is 6.92 Å². The highest BCUT2D eigenvalue weighted by Crippen LogP contribution is 2.38. The molecule has 180 valence electrons. The van der Waals surface area contributed by atoms with Crippen LogP contribution >= 0.6 is 0 Å². The van der Waals surface area contributed by atoms with E-state index in [1.54, 1.807) is 0 Å². The van der Waals surface area contributed by atoms with Gasteiger partial charge in [-0.05, 0) is 42.9 Å². The van der Waals surface area contributed by atoms with E-state index in [1.807, 2.05) is 0 Å². The number of nitrogens with zero attached hydrogens (tertiary/aromatic N) is 5. The summed E-state index contributed by atoms with van der Waals surface area (Å²) in [5.41, 5.74) is 4.82. The largest absolute Gasteiger partial charge is 0.368 e. The van der Waals surface area contributed by atoms with Gasteiger partial charge in [-0.15, -0.1) is 0 Å². The highest BCUT2D eigenvalue weighted by atomic mass is 16.5. The summed E-state index contributed by atoms with van der Waals surface area (Å²) in [6.07, 6.45) is 0.752. The molecule has 1 N–H and O–H groups in total. The molecule has 1 fully saturated rings. The highest BCUT2D eigenvalue weighted by Gasteiger charge is 2.29. The Morgan fingerprint density at radius 3 is 2.56 bits per heavy atom. The summed E-state index contributed by atoms with van der Waals surface area (Å²) < 4.78 is 6.52. The molecular weight excluding hydrogens is 424 g/mol. The van der Waals surface area contributed by atoms with Crippen molar-refractivity contribution in [3.8, 4) is 0 Å². The van der Waals surface area contributed by atoms with Crippen molar-refractivity contribution in [2.75, 3.05) is 70.2 Å². The van der Waals surface area contributed by atoms with Gasteiger partial charge in [0, 0.05) is 58.3 Å². The quantitative estimate of drug-likeness (QED) is 0.606. The molecular formula is C27H36N6O. The van der Waals surface area contributed by atoms with Crippen LogP contribution in [0.2, 0.25) is 0 Å². The van der Waals surface area contributed by atoms with Crippen LogP contribution in [-0.4, -0.2) is 75.3 Å². The van der Waals surface area contributed by atoms with Gasteiger partial charge >= 0.3 is 0 Å². The van der Waals surface area contributed by atoms with Gasteiger partial charge in [0.2, 0.25) is 5.95 Å². The second-order valence-electron chi connectivity index (χ2n) is 9.76. The molecule has 0 aliphatic carbocycles. The van der Waals surface area contributed by atoms with E-state index >= 15 is 0 Å². The molecule has 0 amide bonds. The van der Waals surface area contributed by atoms with Crippen molar-refractivity contribution in [1.82, 2.24) is 20.2 Å². The summed E-state index contributed by atoms with van der Waals surface area (Å²) in [5.74, 6) is 1.86. The highest BCUT2D eigenvalue weighted by molar-refractivity contribution is 5.89. The number of anilines is 2. The van der Waals surface area contributed by atoms with E-state index in [2.05, 4.69) is 84.5 Å². The van der Waals surface area contributed by atoms with Crippen LogP contribution in [0.1, 0.15) is 28.5 Å². The molecule has 1 aromatic heterocycles.